The predicted octanol–water partition coefficient (Wildman–Crippen LogP) is 2.42. The van der Waals surface area contributed by atoms with Crippen molar-refractivity contribution in [3.8, 4) is 0 Å². The van der Waals surface area contributed by atoms with Crippen molar-refractivity contribution in [2.45, 2.75) is 12.8 Å². The van der Waals surface area contributed by atoms with Crippen molar-refractivity contribution in [2.75, 3.05) is 6.61 Å². The van der Waals surface area contributed by atoms with E-state index in [9.17, 15) is 0 Å². The largest absolute Gasteiger partial charge is 0.493 e. The van der Waals surface area contributed by atoms with Crippen molar-refractivity contribution in [3.63, 3.8) is 0 Å². The molecule has 1 rings (SSSR count). The van der Waals surface area contributed by atoms with Gasteiger partial charge in [0.25, 0.3) is 0 Å². The van der Waals surface area contributed by atoms with Crippen LogP contribution in [0.1, 0.15) is 12.8 Å². The number of hydrogen-bond donors (Lipinski definition) is 0. The molecule has 0 amide bonds. The van der Waals surface area contributed by atoms with Gasteiger partial charge in [-0.15, -0.1) is 0 Å². The van der Waals surface area contributed by atoms with E-state index in [-0.39, 0.29) is 0 Å². The van der Waals surface area contributed by atoms with Crippen molar-refractivity contribution in [3.05, 3.63) is 36.6 Å². The molecule has 0 saturated heterocycles. The van der Waals surface area contributed by atoms with Crippen molar-refractivity contribution >= 4 is 0 Å². The highest BCUT2D eigenvalue weighted by atomic mass is 16.5. The standard InChI is InChI=1S/C9H12O/c1-3-8-6-5-7-10-9(8)4-2/h3-4H,1-2,5-7H2. The molecule has 1 nitrogen and oxygen atoms in total. The van der Waals surface area contributed by atoms with Crippen LogP contribution in [-0.4, -0.2) is 6.61 Å². The zero-order valence-electron chi connectivity index (χ0n) is 6.10. The minimum Gasteiger partial charge on any atom is -0.493 e. The molecule has 0 aliphatic carbocycles. The Hall–Kier alpha value is -0.980. The van der Waals surface area contributed by atoms with E-state index in [1.165, 1.54) is 5.57 Å². The van der Waals surface area contributed by atoms with Gasteiger partial charge in [0, 0.05) is 0 Å². The van der Waals surface area contributed by atoms with Crippen LogP contribution in [0.5, 0.6) is 0 Å². The van der Waals surface area contributed by atoms with E-state index in [0.29, 0.717) is 0 Å². The lowest BCUT2D eigenvalue weighted by Crippen LogP contribution is -2.03. The van der Waals surface area contributed by atoms with Gasteiger partial charge in [-0.2, -0.15) is 0 Å². The van der Waals surface area contributed by atoms with Gasteiger partial charge in [-0.1, -0.05) is 19.2 Å². The summed E-state index contributed by atoms with van der Waals surface area (Å²) < 4.78 is 5.32. The molecule has 0 aromatic rings. The Morgan fingerprint density at radius 1 is 1.30 bits per heavy atom. The molecule has 0 atom stereocenters. The molecule has 1 aliphatic rings. The topological polar surface area (TPSA) is 9.23 Å². The van der Waals surface area contributed by atoms with Crippen LogP contribution >= 0.6 is 0 Å². The molecule has 54 valence electrons. The average molecular weight is 136 g/mol. The minimum absolute atomic E-state index is 0.818. The first kappa shape index (κ1) is 7.13. The number of hydrogen-bond acceptors (Lipinski definition) is 1. The molecule has 0 aromatic heterocycles. The van der Waals surface area contributed by atoms with Gasteiger partial charge in [0.05, 0.1) is 6.61 Å². The molecule has 1 aliphatic heterocycles. The van der Waals surface area contributed by atoms with Crippen LogP contribution < -0.4 is 0 Å². The van der Waals surface area contributed by atoms with Crippen molar-refractivity contribution < 1.29 is 4.74 Å². The van der Waals surface area contributed by atoms with Gasteiger partial charge in [-0.25, -0.2) is 0 Å². The zero-order valence-corrected chi connectivity index (χ0v) is 6.10. The predicted molar refractivity (Wildman–Crippen MR) is 42.6 cm³/mol. The summed E-state index contributed by atoms with van der Waals surface area (Å²) in [4.78, 5) is 0. The number of rotatable bonds is 2. The fourth-order valence-corrected chi connectivity index (χ4v) is 1.05. The second kappa shape index (κ2) is 3.25. The highest BCUT2D eigenvalue weighted by Crippen LogP contribution is 2.19. The lowest BCUT2D eigenvalue weighted by atomic mass is 10.1. The first-order valence-electron chi connectivity index (χ1n) is 3.49. The van der Waals surface area contributed by atoms with Gasteiger partial charge < -0.3 is 4.74 Å². The molecule has 10 heavy (non-hydrogen) atoms. The number of ether oxygens (including phenoxy) is 1. The minimum atomic E-state index is 0.818. The molecule has 1 heteroatoms. The maximum absolute atomic E-state index is 5.32. The summed E-state index contributed by atoms with van der Waals surface area (Å²) in [6.07, 6.45) is 5.76. The van der Waals surface area contributed by atoms with Crippen molar-refractivity contribution in [2.24, 2.45) is 0 Å². The molecule has 1 heterocycles. The molecular formula is C9H12O. The van der Waals surface area contributed by atoms with Gasteiger partial charge in [0.2, 0.25) is 0 Å². The van der Waals surface area contributed by atoms with E-state index in [1.54, 1.807) is 6.08 Å². The van der Waals surface area contributed by atoms with Gasteiger partial charge in [-0.05, 0) is 24.5 Å². The van der Waals surface area contributed by atoms with Crippen LogP contribution in [-0.2, 0) is 4.74 Å². The maximum atomic E-state index is 5.32. The van der Waals surface area contributed by atoms with Crippen LogP contribution in [0.3, 0.4) is 0 Å². The second-order valence-corrected chi connectivity index (χ2v) is 2.25. The Kier molecular flexibility index (Phi) is 2.32. The summed E-state index contributed by atoms with van der Waals surface area (Å²) in [5.74, 6) is 0.904. The third-order valence-corrected chi connectivity index (χ3v) is 1.60. The highest BCUT2D eigenvalue weighted by Gasteiger charge is 2.06. The molecule has 0 spiro atoms. The van der Waals surface area contributed by atoms with E-state index in [1.807, 2.05) is 6.08 Å². The van der Waals surface area contributed by atoms with Gasteiger partial charge in [0.1, 0.15) is 5.76 Å². The quantitative estimate of drug-likeness (QED) is 0.566. The monoisotopic (exact) mass is 136 g/mol. The van der Waals surface area contributed by atoms with Crippen LogP contribution in [0, 0.1) is 0 Å². The first-order valence-corrected chi connectivity index (χ1v) is 3.49. The average Bonchev–Trinajstić information content (AvgIpc) is 2.04. The fourth-order valence-electron chi connectivity index (χ4n) is 1.05. The number of allylic oxidation sites excluding steroid dienone is 3. The third-order valence-electron chi connectivity index (χ3n) is 1.60. The lowest BCUT2D eigenvalue weighted by Gasteiger charge is -2.16. The van der Waals surface area contributed by atoms with Crippen LogP contribution in [0.25, 0.3) is 0 Å². The summed E-state index contributed by atoms with van der Waals surface area (Å²) >= 11 is 0. The molecule has 0 N–H and O–H groups in total. The van der Waals surface area contributed by atoms with Crippen LogP contribution in [0.4, 0.5) is 0 Å². The normalized spacial score (nSPS) is 18.0. The Labute approximate surface area is 61.7 Å². The van der Waals surface area contributed by atoms with Gasteiger partial charge >= 0.3 is 0 Å². The van der Waals surface area contributed by atoms with Crippen LogP contribution in [0.2, 0.25) is 0 Å². The summed E-state index contributed by atoms with van der Waals surface area (Å²) in [5.41, 5.74) is 1.18. The lowest BCUT2D eigenvalue weighted by molar-refractivity contribution is 0.202. The Balaban J connectivity index is 2.81. The van der Waals surface area contributed by atoms with E-state index in [0.717, 1.165) is 25.2 Å². The fraction of sp³-hybridized carbons (Fsp3) is 0.333. The second-order valence-electron chi connectivity index (χ2n) is 2.25. The van der Waals surface area contributed by atoms with Gasteiger partial charge in [0.15, 0.2) is 0 Å². The molecule has 0 aromatic carbocycles. The van der Waals surface area contributed by atoms with Crippen molar-refractivity contribution in [1.82, 2.24) is 0 Å². The van der Waals surface area contributed by atoms with E-state index in [4.69, 9.17) is 4.74 Å². The molecule has 0 saturated carbocycles. The van der Waals surface area contributed by atoms with Crippen molar-refractivity contribution in [1.29, 1.82) is 0 Å². The smallest absolute Gasteiger partial charge is 0.121 e. The molecule has 0 bridgehead atoms. The van der Waals surface area contributed by atoms with E-state index >= 15 is 0 Å². The Morgan fingerprint density at radius 2 is 2.10 bits per heavy atom. The van der Waals surface area contributed by atoms with Gasteiger partial charge in [-0.3, -0.25) is 0 Å². The summed E-state index contributed by atoms with van der Waals surface area (Å²) in [6.45, 7) is 8.17. The van der Waals surface area contributed by atoms with Crippen LogP contribution in [0.15, 0.2) is 36.6 Å². The Morgan fingerprint density at radius 3 is 2.60 bits per heavy atom. The SMILES string of the molecule is C=CC1=C(C=C)OCCC1. The zero-order chi connectivity index (χ0) is 7.40. The molecular weight excluding hydrogens is 124 g/mol. The summed E-state index contributed by atoms with van der Waals surface area (Å²) in [6, 6.07) is 0. The van der Waals surface area contributed by atoms with E-state index < -0.39 is 0 Å². The third kappa shape index (κ3) is 1.29. The maximum Gasteiger partial charge on any atom is 0.121 e. The first-order chi connectivity index (χ1) is 4.88. The summed E-state index contributed by atoms with van der Waals surface area (Å²) in [7, 11) is 0. The summed E-state index contributed by atoms with van der Waals surface area (Å²) in [5, 5.41) is 0. The molecule has 0 unspecified atom stereocenters. The van der Waals surface area contributed by atoms with E-state index in [2.05, 4.69) is 13.2 Å². The highest BCUT2D eigenvalue weighted by molar-refractivity contribution is 5.28. The Bertz CT molecular complexity index is 157. The molecule has 0 radical (unpaired) electrons. The molecule has 0 fully saturated rings.